The number of aliphatic hydroxyl groups excluding tert-OH is 3. The molecule has 0 saturated carbocycles. The third-order valence-corrected chi connectivity index (χ3v) is 5.25. The van der Waals surface area contributed by atoms with E-state index in [1.165, 1.54) is 10.9 Å². The van der Waals surface area contributed by atoms with Gasteiger partial charge in [0.2, 0.25) is 5.95 Å². The van der Waals surface area contributed by atoms with E-state index in [2.05, 4.69) is 20.1 Å². The van der Waals surface area contributed by atoms with Crippen LogP contribution < -0.4 is 5.73 Å². The lowest BCUT2D eigenvalue weighted by Crippen LogP contribution is -2.33. The minimum atomic E-state index is -1.28. The molecule has 0 unspecified atom stereocenters. The zero-order chi connectivity index (χ0) is 21.5. The van der Waals surface area contributed by atoms with E-state index in [1.807, 2.05) is 30.3 Å². The van der Waals surface area contributed by atoms with Crippen molar-refractivity contribution in [3.8, 4) is 11.5 Å². The van der Waals surface area contributed by atoms with Gasteiger partial charge in [0.1, 0.15) is 29.5 Å². The number of ether oxygens (including phenoxy) is 1. The highest BCUT2D eigenvalue weighted by molar-refractivity contribution is 5.86. The second-order valence-electron chi connectivity index (χ2n) is 7.33. The fraction of sp³-hybridized carbons (Fsp3) is 0.300. The molecular formula is C20H20N6O5. The summed E-state index contributed by atoms with van der Waals surface area (Å²) in [7, 11) is 0. The van der Waals surface area contributed by atoms with Gasteiger partial charge in [-0.05, 0) is 5.56 Å². The van der Waals surface area contributed by atoms with Gasteiger partial charge in [-0.2, -0.15) is 4.98 Å². The van der Waals surface area contributed by atoms with Gasteiger partial charge in [0.05, 0.1) is 18.6 Å². The predicted molar refractivity (Wildman–Crippen MR) is 107 cm³/mol. The zero-order valence-electron chi connectivity index (χ0n) is 16.2. The Balaban J connectivity index is 1.51. The number of benzene rings is 1. The summed E-state index contributed by atoms with van der Waals surface area (Å²) in [5, 5.41) is 33.9. The maximum atomic E-state index is 10.4. The van der Waals surface area contributed by atoms with Gasteiger partial charge in [-0.1, -0.05) is 35.5 Å². The monoisotopic (exact) mass is 424 g/mol. The molecule has 4 aromatic rings. The lowest BCUT2D eigenvalue weighted by Gasteiger charge is -2.16. The van der Waals surface area contributed by atoms with Crippen LogP contribution in [0.5, 0.6) is 0 Å². The van der Waals surface area contributed by atoms with Crippen LogP contribution in [-0.2, 0) is 11.2 Å². The van der Waals surface area contributed by atoms with Crippen LogP contribution in [0, 0.1) is 0 Å². The van der Waals surface area contributed by atoms with E-state index in [0.717, 1.165) is 11.3 Å². The molecule has 5 N–H and O–H groups in total. The van der Waals surface area contributed by atoms with Crippen molar-refractivity contribution in [1.29, 1.82) is 0 Å². The van der Waals surface area contributed by atoms with Crippen molar-refractivity contribution >= 4 is 17.1 Å². The SMILES string of the molecule is Nc1nc(-c2cc(Cc3ccccc3)no2)c2ncn([C@@H]3O[C@H](CO)[C@@H](O)[C@H]3O)c2n1. The molecule has 1 aromatic carbocycles. The standard InChI is InChI=1S/C20H20N6O5/c21-20-23-14(12-7-11(25-31-12)6-10-4-2-1-3-5-10)15-18(24-20)26(9-22-15)19-17(29)16(28)13(8-27)30-19/h1-5,7,9,13,16-17,19,27-29H,6,8H2,(H2,21,23,24)/t13-,16-,17-,19-/m1/s1. The van der Waals surface area contributed by atoms with Crippen LogP contribution in [0.2, 0.25) is 0 Å². The molecule has 1 aliphatic rings. The summed E-state index contributed by atoms with van der Waals surface area (Å²) in [4.78, 5) is 12.8. The van der Waals surface area contributed by atoms with Gasteiger partial charge in [0.25, 0.3) is 0 Å². The molecule has 1 fully saturated rings. The Morgan fingerprint density at radius 2 is 1.90 bits per heavy atom. The second kappa shape index (κ2) is 7.71. The fourth-order valence-electron chi connectivity index (χ4n) is 3.71. The molecule has 3 aromatic heterocycles. The van der Waals surface area contributed by atoms with E-state index in [-0.39, 0.29) is 5.95 Å². The fourth-order valence-corrected chi connectivity index (χ4v) is 3.71. The summed E-state index contributed by atoms with van der Waals surface area (Å²) in [5.74, 6) is 0.341. The molecule has 1 aliphatic heterocycles. The number of nitrogens with two attached hydrogens (primary N) is 1. The van der Waals surface area contributed by atoms with Gasteiger partial charge in [0, 0.05) is 12.5 Å². The lowest BCUT2D eigenvalue weighted by molar-refractivity contribution is -0.0511. The maximum Gasteiger partial charge on any atom is 0.222 e. The number of anilines is 1. The van der Waals surface area contributed by atoms with Gasteiger partial charge in [-0.3, -0.25) is 4.57 Å². The molecule has 0 spiro atoms. The van der Waals surface area contributed by atoms with E-state index in [0.29, 0.717) is 29.0 Å². The Hall–Kier alpha value is -3.38. The topological polar surface area (TPSA) is 166 Å². The summed E-state index contributed by atoms with van der Waals surface area (Å²) < 4.78 is 12.5. The van der Waals surface area contributed by atoms with Gasteiger partial charge < -0.3 is 30.3 Å². The summed E-state index contributed by atoms with van der Waals surface area (Å²) >= 11 is 0. The van der Waals surface area contributed by atoms with Crippen LogP contribution in [-0.4, -0.2) is 64.9 Å². The van der Waals surface area contributed by atoms with Crippen LogP contribution in [0.4, 0.5) is 5.95 Å². The predicted octanol–water partition coefficient (Wildman–Crippen LogP) is 0.266. The average Bonchev–Trinajstić information content (AvgIpc) is 3.47. The first-order valence-corrected chi connectivity index (χ1v) is 9.67. The number of rotatable bonds is 5. The second-order valence-corrected chi connectivity index (χ2v) is 7.33. The number of hydrogen-bond donors (Lipinski definition) is 4. The number of nitrogen functional groups attached to an aromatic ring is 1. The van der Waals surface area contributed by atoms with Crippen molar-refractivity contribution in [2.45, 2.75) is 31.0 Å². The molecule has 0 aliphatic carbocycles. The average molecular weight is 424 g/mol. The van der Waals surface area contributed by atoms with Gasteiger partial charge >= 0.3 is 0 Å². The minimum Gasteiger partial charge on any atom is -0.394 e. The van der Waals surface area contributed by atoms with Crippen LogP contribution in [0.3, 0.4) is 0 Å². The van der Waals surface area contributed by atoms with E-state index in [4.69, 9.17) is 15.0 Å². The molecule has 160 valence electrons. The highest BCUT2D eigenvalue weighted by Crippen LogP contribution is 2.33. The van der Waals surface area contributed by atoms with Crippen molar-refractivity contribution in [3.05, 3.63) is 54.0 Å². The van der Waals surface area contributed by atoms with E-state index < -0.39 is 31.1 Å². The number of fused-ring (bicyclic) bond motifs is 1. The number of imidazole rings is 1. The molecule has 0 radical (unpaired) electrons. The summed E-state index contributed by atoms with van der Waals surface area (Å²) in [5.41, 5.74) is 8.73. The number of hydrogen-bond acceptors (Lipinski definition) is 10. The molecule has 31 heavy (non-hydrogen) atoms. The Kier molecular flexibility index (Phi) is 4.87. The maximum absolute atomic E-state index is 10.4. The Labute approximate surface area is 175 Å². The molecule has 11 heteroatoms. The van der Waals surface area contributed by atoms with Crippen LogP contribution in [0.1, 0.15) is 17.5 Å². The summed E-state index contributed by atoms with van der Waals surface area (Å²) in [6.07, 6.45) is -2.46. The molecule has 0 bridgehead atoms. The molecule has 1 saturated heterocycles. The van der Waals surface area contributed by atoms with Crippen molar-refractivity contribution in [3.63, 3.8) is 0 Å². The molecule has 4 atom stereocenters. The molecule has 4 heterocycles. The largest absolute Gasteiger partial charge is 0.394 e. The first kappa shape index (κ1) is 19.6. The van der Waals surface area contributed by atoms with Gasteiger partial charge in [-0.25, -0.2) is 9.97 Å². The zero-order valence-corrected chi connectivity index (χ0v) is 16.2. The van der Waals surface area contributed by atoms with Gasteiger partial charge in [0.15, 0.2) is 17.6 Å². The Bertz CT molecular complexity index is 1210. The van der Waals surface area contributed by atoms with Crippen molar-refractivity contribution < 1.29 is 24.6 Å². The third kappa shape index (κ3) is 3.43. The van der Waals surface area contributed by atoms with E-state index in [9.17, 15) is 15.3 Å². The summed E-state index contributed by atoms with van der Waals surface area (Å²) in [6.45, 7) is -0.439. The normalized spacial score (nSPS) is 23.6. The van der Waals surface area contributed by atoms with Crippen LogP contribution in [0.25, 0.3) is 22.6 Å². The summed E-state index contributed by atoms with van der Waals surface area (Å²) in [6, 6.07) is 11.6. The third-order valence-electron chi connectivity index (χ3n) is 5.25. The number of aliphatic hydroxyl groups is 3. The van der Waals surface area contributed by atoms with Gasteiger partial charge in [-0.15, -0.1) is 0 Å². The number of aromatic nitrogens is 5. The van der Waals surface area contributed by atoms with E-state index in [1.54, 1.807) is 6.07 Å². The Morgan fingerprint density at radius 3 is 2.65 bits per heavy atom. The number of nitrogens with zero attached hydrogens (tertiary/aromatic N) is 5. The van der Waals surface area contributed by atoms with Crippen LogP contribution >= 0.6 is 0 Å². The Morgan fingerprint density at radius 1 is 1.10 bits per heavy atom. The van der Waals surface area contributed by atoms with E-state index >= 15 is 0 Å². The van der Waals surface area contributed by atoms with Crippen molar-refractivity contribution in [1.82, 2.24) is 24.7 Å². The first-order valence-electron chi connectivity index (χ1n) is 9.67. The molecule has 5 rings (SSSR count). The highest BCUT2D eigenvalue weighted by atomic mass is 16.6. The minimum absolute atomic E-state index is 0.0306. The lowest BCUT2D eigenvalue weighted by atomic mass is 10.1. The molecule has 0 amide bonds. The molecule has 11 nitrogen and oxygen atoms in total. The van der Waals surface area contributed by atoms with Crippen molar-refractivity contribution in [2.24, 2.45) is 0 Å². The quantitative estimate of drug-likeness (QED) is 0.349. The van der Waals surface area contributed by atoms with Crippen molar-refractivity contribution in [2.75, 3.05) is 12.3 Å². The smallest absolute Gasteiger partial charge is 0.222 e. The van der Waals surface area contributed by atoms with Crippen LogP contribution in [0.15, 0.2) is 47.2 Å². The highest BCUT2D eigenvalue weighted by Gasteiger charge is 2.44. The molecular weight excluding hydrogens is 404 g/mol. The first-order chi connectivity index (χ1) is 15.0.